The highest BCUT2D eigenvalue weighted by Crippen LogP contribution is 2.26. The maximum atomic E-state index is 8.75. The first-order valence-electron chi connectivity index (χ1n) is 5.07. The third-order valence-corrected chi connectivity index (χ3v) is 2.66. The quantitative estimate of drug-likeness (QED) is 0.689. The lowest BCUT2D eigenvalue weighted by molar-refractivity contribution is 0.281. The van der Waals surface area contributed by atoms with Crippen molar-refractivity contribution in [2.24, 2.45) is 0 Å². The van der Waals surface area contributed by atoms with E-state index in [1.807, 2.05) is 6.07 Å². The molecule has 1 aromatic heterocycles. The number of nitrogens with one attached hydrogen (secondary N) is 2. The van der Waals surface area contributed by atoms with Crippen molar-refractivity contribution in [1.82, 2.24) is 4.98 Å². The van der Waals surface area contributed by atoms with E-state index in [1.54, 1.807) is 6.07 Å². The summed E-state index contributed by atoms with van der Waals surface area (Å²) in [5.41, 5.74) is 0.986. The Morgan fingerprint density at radius 2 is 2.40 bits per heavy atom. The van der Waals surface area contributed by atoms with E-state index < -0.39 is 0 Å². The Bertz CT molecular complexity index is 345. The van der Waals surface area contributed by atoms with Gasteiger partial charge in [0.15, 0.2) is 5.82 Å². The van der Waals surface area contributed by atoms with Gasteiger partial charge in [-0.1, -0.05) is 11.6 Å². The van der Waals surface area contributed by atoms with Crippen molar-refractivity contribution in [1.29, 1.82) is 0 Å². The molecule has 0 saturated carbocycles. The van der Waals surface area contributed by atoms with Crippen molar-refractivity contribution in [3.05, 3.63) is 17.3 Å². The molecule has 2 heterocycles. The summed E-state index contributed by atoms with van der Waals surface area (Å²) < 4.78 is 0. The zero-order valence-electron chi connectivity index (χ0n) is 8.33. The third-order valence-electron chi connectivity index (χ3n) is 2.45. The van der Waals surface area contributed by atoms with Gasteiger partial charge in [-0.15, -0.1) is 0 Å². The smallest absolute Gasteiger partial charge is 0.151 e. The zero-order valence-corrected chi connectivity index (χ0v) is 9.09. The molecule has 1 aliphatic rings. The standard InChI is InChI=1S/C10H14ClN3O/c11-9-4-3-8-10(14-9)13-7(6-12-8)2-1-5-15/h3-4,7,12,15H,1-2,5-6H2,(H,13,14). The fourth-order valence-electron chi connectivity index (χ4n) is 1.68. The van der Waals surface area contributed by atoms with Crippen molar-refractivity contribution >= 4 is 23.1 Å². The molecule has 0 bridgehead atoms. The molecule has 0 saturated heterocycles. The van der Waals surface area contributed by atoms with Crippen LogP contribution >= 0.6 is 11.6 Å². The van der Waals surface area contributed by atoms with E-state index in [1.165, 1.54) is 0 Å². The summed E-state index contributed by atoms with van der Waals surface area (Å²) >= 11 is 5.81. The van der Waals surface area contributed by atoms with Gasteiger partial charge in [-0.3, -0.25) is 0 Å². The number of hydrogen-bond donors (Lipinski definition) is 3. The van der Waals surface area contributed by atoms with Gasteiger partial charge in [0.1, 0.15) is 5.15 Å². The number of aromatic nitrogens is 1. The zero-order chi connectivity index (χ0) is 10.7. The predicted molar refractivity (Wildman–Crippen MR) is 61.5 cm³/mol. The molecule has 1 unspecified atom stereocenters. The summed E-state index contributed by atoms with van der Waals surface area (Å²) in [6.07, 6.45) is 1.73. The number of nitrogens with zero attached hydrogens (tertiary/aromatic N) is 1. The van der Waals surface area contributed by atoms with Gasteiger partial charge in [0.25, 0.3) is 0 Å². The molecule has 82 valence electrons. The van der Waals surface area contributed by atoms with Gasteiger partial charge < -0.3 is 15.7 Å². The third kappa shape index (κ3) is 2.52. The Morgan fingerprint density at radius 3 is 3.20 bits per heavy atom. The van der Waals surface area contributed by atoms with Crippen molar-refractivity contribution in [2.45, 2.75) is 18.9 Å². The summed E-state index contributed by atoms with van der Waals surface area (Å²) in [5.74, 6) is 0.802. The molecule has 3 N–H and O–H groups in total. The Hall–Kier alpha value is -1.00. The van der Waals surface area contributed by atoms with Crippen LogP contribution in [0.5, 0.6) is 0 Å². The molecule has 0 fully saturated rings. The fraction of sp³-hybridized carbons (Fsp3) is 0.500. The average molecular weight is 228 g/mol. The van der Waals surface area contributed by atoms with Gasteiger partial charge in [0.2, 0.25) is 0 Å². The number of fused-ring (bicyclic) bond motifs is 1. The molecule has 1 aliphatic heterocycles. The monoisotopic (exact) mass is 227 g/mol. The fourth-order valence-corrected chi connectivity index (χ4v) is 1.82. The molecule has 0 radical (unpaired) electrons. The van der Waals surface area contributed by atoms with Gasteiger partial charge in [-0.2, -0.15) is 0 Å². The van der Waals surface area contributed by atoms with E-state index >= 15 is 0 Å². The molecule has 5 heteroatoms. The van der Waals surface area contributed by atoms with E-state index in [-0.39, 0.29) is 6.61 Å². The lowest BCUT2D eigenvalue weighted by atomic mass is 10.1. The first-order chi connectivity index (χ1) is 7.29. The number of rotatable bonds is 3. The molecule has 0 aliphatic carbocycles. The Labute approximate surface area is 93.7 Å². The highest BCUT2D eigenvalue weighted by Gasteiger charge is 2.17. The van der Waals surface area contributed by atoms with Crippen LogP contribution in [0, 0.1) is 0 Å². The largest absolute Gasteiger partial charge is 0.396 e. The molecule has 0 aromatic carbocycles. The van der Waals surface area contributed by atoms with E-state index in [2.05, 4.69) is 15.6 Å². The van der Waals surface area contributed by atoms with E-state index in [0.29, 0.717) is 11.2 Å². The van der Waals surface area contributed by atoms with Crippen molar-refractivity contribution in [3.63, 3.8) is 0 Å². The summed E-state index contributed by atoms with van der Waals surface area (Å²) in [5, 5.41) is 15.8. The van der Waals surface area contributed by atoms with E-state index in [9.17, 15) is 0 Å². The molecule has 2 rings (SSSR count). The summed E-state index contributed by atoms with van der Waals surface area (Å²) in [4.78, 5) is 4.20. The lowest BCUT2D eigenvalue weighted by Gasteiger charge is -2.27. The first-order valence-corrected chi connectivity index (χ1v) is 5.45. The Kier molecular flexibility index (Phi) is 3.28. The minimum atomic E-state index is 0.230. The Morgan fingerprint density at radius 1 is 1.53 bits per heavy atom. The molecular weight excluding hydrogens is 214 g/mol. The van der Waals surface area contributed by atoms with Gasteiger partial charge in [-0.25, -0.2) is 4.98 Å². The van der Waals surface area contributed by atoms with Crippen LogP contribution in [-0.4, -0.2) is 29.3 Å². The molecule has 1 aromatic rings. The topological polar surface area (TPSA) is 57.2 Å². The van der Waals surface area contributed by atoms with Gasteiger partial charge in [0.05, 0.1) is 5.69 Å². The number of aliphatic hydroxyl groups excluding tert-OH is 1. The first kappa shape index (κ1) is 10.5. The van der Waals surface area contributed by atoms with Crippen LogP contribution in [0.2, 0.25) is 5.15 Å². The molecule has 1 atom stereocenters. The van der Waals surface area contributed by atoms with Gasteiger partial charge in [-0.05, 0) is 25.0 Å². The minimum absolute atomic E-state index is 0.230. The maximum Gasteiger partial charge on any atom is 0.151 e. The van der Waals surface area contributed by atoms with E-state index in [4.69, 9.17) is 16.7 Å². The summed E-state index contributed by atoms with van der Waals surface area (Å²) in [7, 11) is 0. The number of halogens is 1. The normalized spacial score (nSPS) is 18.9. The summed E-state index contributed by atoms with van der Waals surface area (Å²) in [6, 6.07) is 4.00. The number of anilines is 2. The molecule has 0 spiro atoms. The number of hydrogen-bond acceptors (Lipinski definition) is 4. The second-order valence-electron chi connectivity index (χ2n) is 3.62. The minimum Gasteiger partial charge on any atom is -0.396 e. The van der Waals surface area contributed by atoms with Gasteiger partial charge in [0, 0.05) is 19.2 Å². The van der Waals surface area contributed by atoms with Crippen LogP contribution in [-0.2, 0) is 0 Å². The highest BCUT2D eigenvalue weighted by atomic mass is 35.5. The van der Waals surface area contributed by atoms with Crippen molar-refractivity contribution < 1.29 is 5.11 Å². The SMILES string of the molecule is OCCCC1CNc2ccc(Cl)nc2N1. The van der Waals surface area contributed by atoms with Crippen LogP contribution in [0.4, 0.5) is 11.5 Å². The Balaban J connectivity index is 2.05. The van der Waals surface area contributed by atoms with Crippen LogP contribution in [0.15, 0.2) is 12.1 Å². The van der Waals surface area contributed by atoms with Crippen molar-refractivity contribution in [2.75, 3.05) is 23.8 Å². The van der Waals surface area contributed by atoms with Crippen LogP contribution in [0.1, 0.15) is 12.8 Å². The second-order valence-corrected chi connectivity index (χ2v) is 4.01. The number of aliphatic hydroxyl groups is 1. The molecule has 4 nitrogen and oxygen atoms in total. The average Bonchev–Trinajstić information content (AvgIpc) is 2.25. The number of pyridine rings is 1. The lowest BCUT2D eigenvalue weighted by Crippen LogP contribution is -2.33. The maximum absolute atomic E-state index is 8.75. The molecular formula is C10H14ClN3O. The summed E-state index contributed by atoms with van der Waals surface area (Å²) in [6.45, 7) is 1.09. The molecule has 15 heavy (non-hydrogen) atoms. The van der Waals surface area contributed by atoms with Crippen LogP contribution < -0.4 is 10.6 Å². The van der Waals surface area contributed by atoms with Gasteiger partial charge >= 0.3 is 0 Å². The highest BCUT2D eigenvalue weighted by molar-refractivity contribution is 6.29. The van der Waals surface area contributed by atoms with E-state index in [0.717, 1.165) is 30.9 Å². The van der Waals surface area contributed by atoms with Crippen molar-refractivity contribution in [3.8, 4) is 0 Å². The van der Waals surface area contributed by atoms with Crippen LogP contribution in [0.3, 0.4) is 0 Å². The molecule has 0 amide bonds. The predicted octanol–water partition coefficient (Wildman–Crippen LogP) is 1.71. The second kappa shape index (κ2) is 4.68. The van der Waals surface area contributed by atoms with Crippen LogP contribution in [0.25, 0.3) is 0 Å².